The summed E-state index contributed by atoms with van der Waals surface area (Å²) in [6.45, 7) is 0.594. The van der Waals surface area contributed by atoms with Crippen LogP contribution in [-0.4, -0.2) is 17.4 Å². The van der Waals surface area contributed by atoms with Crippen LogP contribution in [0.2, 0.25) is 0 Å². The Kier molecular flexibility index (Phi) is 4.19. The second-order valence-corrected chi connectivity index (χ2v) is 5.46. The fourth-order valence-corrected chi connectivity index (χ4v) is 2.60. The predicted molar refractivity (Wildman–Crippen MR) is 86.4 cm³/mol. The van der Waals surface area contributed by atoms with Crippen LogP contribution < -0.4 is 10.9 Å². The van der Waals surface area contributed by atoms with Crippen LogP contribution in [0.15, 0.2) is 70.2 Å². The number of H-pyrrole nitrogens is 1. The molecule has 0 saturated carbocycles. The molecule has 2 N–H and O–H groups in total. The lowest BCUT2D eigenvalue weighted by Crippen LogP contribution is -2.17. The maximum absolute atomic E-state index is 12.0. The highest BCUT2D eigenvalue weighted by Gasteiger charge is 2.19. The first kappa shape index (κ1) is 14.3. The van der Waals surface area contributed by atoms with Crippen LogP contribution in [0, 0.1) is 0 Å². The van der Waals surface area contributed by atoms with Gasteiger partial charge in [-0.25, -0.2) is 0 Å². The molecule has 2 heterocycles. The van der Waals surface area contributed by atoms with E-state index in [-0.39, 0.29) is 11.5 Å². The number of hydrogen-bond donors (Lipinski definition) is 2. The van der Waals surface area contributed by atoms with Crippen molar-refractivity contribution in [3.05, 3.63) is 81.3 Å². The Morgan fingerprint density at radius 1 is 1.05 bits per heavy atom. The van der Waals surface area contributed by atoms with Crippen LogP contribution in [0.4, 0.5) is 0 Å². The normalized spacial score (nSPS) is 23.3. The summed E-state index contributed by atoms with van der Waals surface area (Å²) in [6.07, 6.45) is 14.6. The van der Waals surface area contributed by atoms with E-state index in [0.717, 1.165) is 35.1 Å². The van der Waals surface area contributed by atoms with Crippen molar-refractivity contribution in [3.63, 3.8) is 0 Å². The number of hydrogen-bond acceptors (Lipinski definition) is 2. The molecule has 0 spiro atoms. The molecule has 0 aromatic carbocycles. The molecule has 1 aromatic rings. The van der Waals surface area contributed by atoms with Gasteiger partial charge in [0, 0.05) is 24.4 Å². The summed E-state index contributed by atoms with van der Waals surface area (Å²) in [5.41, 5.74) is 3.75. The van der Waals surface area contributed by atoms with E-state index < -0.39 is 0 Å². The molecule has 0 saturated heterocycles. The van der Waals surface area contributed by atoms with Crippen molar-refractivity contribution >= 4 is 5.91 Å². The van der Waals surface area contributed by atoms with E-state index in [0.29, 0.717) is 13.0 Å². The maximum atomic E-state index is 12.0. The molecule has 1 aliphatic carbocycles. The van der Waals surface area contributed by atoms with Crippen molar-refractivity contribution in [1.29, 1.82) is 0 Å². The van der Waals surface area contributed by atoms with Gasteiger partial charge >= 0.3 is 0 Å². The number of carbonyl (C=O) groups is 1. The van der Waals surface area contributed by atoms with Gasteiger partial charge in [-0.1, -0.05) is 30.4 Å². The second-order valence-electron chi connectivity index (χ2n) is 5.46. The lowest BCUT2D eigenvalue weighted by molar-refractivity contribution is -0.116. The molecule has 0 bridgehead atoms. The molecule has 3 rings (SSSR count). The van der Waals surface area contributed by atoms with E-state index in [9.17, 15) is 9.59 Å². The standard InChI is InChI=1S/C18H18N2O2/c21-17-8-7-14(11-19-17)9-13-5-3-1-2-4-6-15-12-20-18(22)16(15)10-13/h3-8,10-11H,1-2,9,12H2,(H,19,21)(H,20,22)/b5-3+,6-4+,13-10+. The summed E-state index contributed by atoms with van der Waals surface area (Å²) in [4.78, 5) is 25.8. The number of amides is 1. The number of aromatic nitrogens is 1. The molecule has 22 heavy (non-hydrogen) atoms. The minimum Gasteiger partial charge on any atom is -0.348 e. The van der Waals surface area contributed by atoms with Crippen LogP contribution in [-0.2, 0) is 11.2 Å². The highest BCUT2D eigenvalue weighted by atomic mass is 16.2. The molecule has 0 radical (unpaired) electrons. The average Bonchev–Trinajstić information content (AvgIpc) is 2.86. The lowest BCUT2D eigenvalue weighted by atomic mass is 9.99. The molecule has 0 atom stereocenters. The molecular formula is C18H18N2O2. The Hall–Kier alpha value is -2.62. The number of pyridine rings is 1. The highest BCUT2D eigenvalue weighted by molar-refractivity contribution is 6.00. The van der Waals surface area contributed by atoms with Gasteiger partial charge in [0.05, 0.1) is 0 Å². The summed E-state index contributed by atoms with van der Waals surface area (Å²) >= 11 is 0. The number of aromatic amines is 1. The number of rotatable bonds is 2. The first-order valence-electron chi connectivity index (χ1n) is 7.45. The van der Waals surface area contributed by atoms with E-state index in [1.807, 2.05) is 18.2 Å². The Balaban J connectivity index is 1.95. The Labute approximate surface area is 128 Å². The summed E-state index contributed by atoms with van der Waals surface area (Å²) in [6, 6.07) is 3.34. The van der Waals surface area contributed by atoms with Crippen molar-refractivity contribution in [2.24, 2.45) is 0 Å². The van der Waals surface area contributed by atoms with Gasteiger partial charge in [-0.2, -0.15) is 0 Å². The SMILES string of the molecule is O=C1NCC2=C1/C=C(Cc1ccc(=O)[nH]c1)\C=C\CC/C=C/2. The van der Waals surface area contributed by atoms with Crippen molar-refractivity contribution in [2.75, 3.05) is 6.54 Å². The van der Waals surface area contributed by atoms with E-state index in [4.69, 9.17) is 0 Å². The minimum atomic E-state index is -0.107. The molecule has 4 heteroatoms. The summed E-state index contributed by atoms with van der Waals surface area (Å²) < 4.78 is 0. The van der Waals surface area contributed by atoms with Crippen LogP contribution >= 0.6 is 0 Å². The fraction of sp³-hybridized carbons (Fsp3) is 0.222. The Bertz CT molecular complexity index is 743. The highest BCUT2D eigenvalue weighted by Crippen LogP contribution is 2.20. The number of allylic oxidation sites excluding steroid dienone is 4. The van der Waals surface area contributed by atoms with Crippen LogP contribution in [0.3, 0.4) is 0 Å². The first-order chi connectivity index (χ1) is 10.7. The summed E-state index contributed by atoms with van der Waals surface area (Å²) in [5.74, 6) is -0.0207. The van der Waals surface area contributed by atoms with Gasteiger partial charge in [-0.15, -0.1) is 0 Å². The smallest absolute Gasteiger partial charge is 0.251 e. The van der Waals surface area contributed by atoms with Crippen LogP contribution in [0.1, 0.15) is 18.4 Å². The molecule has 1 aromatic heterocycles. The van der Waals surface area contributed by atoms with Gasteiger partial charge in [0.15, 0.2) is 0 Å². The zero-order valence-electron chi connectivity index (χ0n) is 12.3. The number of carbonyl (C=O) groups excluding carboxylic acids is 1. The zero-order valence-corrected chi connectivity index (χ0v) is 12.3. The lowest BCUT2D eigenvalue weighted by Gasteiger charge is -2.05. The average molecular weight is 294 g/mol. The van der Waals surface area contributed by atoms with E-state index in [2.05, 4.69) is 28.5 Å². The molecule has 4 nitrogen and oxygen atoms in total. The van der Waals surface area contributed by atoms with Gasteiger partial charge in [-0.3, -0.25) is 9.59 Å². The van der Waals surface area contributed by atoms with Crippen molar-refractivity contribution in [3.8, 4) is 0 Å². The van der Waals surface area contributed by atoms with Gasteiger partial charge < -0.3 is 10.3 Å². The molecular weight excluding hydrogens is 276 g/mol. The second kappa shape index (κ2) is 6.43. The predicted octanol–water partition coefficient (Wildman–Crippen LogP) is 2.18. The topological polar surface area (TPSA) is 62.0 Å². The molecule has 112 valence electrons. The quantitative estimate of drug-likeness (QED) is 0.878. The molecule has 0 unspecified atom stereocenters. The van der Waals surface area contributed by atoms with Crippen molar-refractivity contribution in [1.82, 2.24) is 10.3 Å². The van der Waals surface area contributed by atoms with Crippen molar-refractivity contribution in [2.45, 2.75) is 19.3 Å². The van der Waals surface area contributed by atoms with Crippen LogP contribution in [0.25, 0.3) is 0 Å². The zero-order chi connectivity index (χ0) is 15.4. The summed E-state index contributed by atoms with van der Waals surface area (Å²) in [7, 11) is 0. The van der Waals surface area contributed by atoms with Gasteiger partial charge in [-0.05, 0) is 42.0 Å². The fourth-order valence-electron chi connectivity index (χ4n) is 2.60. The van der Waals surface area contributed by atoms with E-state index in [1.165, 1.54) is 6.07 Å². The van der Waals surface area contributed by atoms with Gasteiger partial charge in [0.1, 0.15) is 0 Å². The van der Waals surface area contributed by atoms with Crippen LogP contribution in [0.5, 0.6) is 0 Å². The summed E-state index contributed by atoms with van der Waals surface area (Å²) in [5, 5.41) is 2.87. The molecule has 2 aliphatic rings. The van der Waals surface area contributed by atoms with Crippen molar-refractivity contribution < 1.29 is 4.79 Å². The Morgan fingerprint density at radius 3 is 2.64 bits per heavy atom. The maximum Gasteiger partial charge on any atom is 0.251 e. The third-order valence-corrected chi connectivity index (χ3v) is 3.77. The van der Waals surface area contributed by atoms with Gasteiger partial charge in [0.25, 0.3) is 5.91 Å². The molecule has 1 aliphatic heterocycles. The Morgan fingerprint density at radius 2 is 1.86 bits per heavy atom. The molecule has 1 amide bonds. The largest absolute Gasteiger partial charge is 0.348 e. The third-order valence-electron chi connectivity index (χ3n) is 3.77. The third kappa shape index (κ3) is 3.34. The van der Waals surface area contributed by atoms with E-state index >= 15 is 0 Å². The van der Waals surface area contributed by atoms with E-state index in [1.54, 1.807) is 6.20 Å². The van der Waals surface area contributed by atoms with Gasteiger partial charge in [0.2, 0.25) is 5.56 Å². The first-order valence-corrected chi connectivity index (χ1v) is 7.45. The molecule has 0 fully saturated rings. The minimum absolute atomic E-state index is 0.0207. The number of nitrogens with one attached hydrogen (secondary N) is 2. The monoisotopic (exact) mass is 294 g/mol.